The average molecular weight is 377 g/mol. The van der Waals surface area contributed by atoms with Gasteiger partial charge in [0.25, 0.3) is 5.91 Å². The molecule has 3 rings (SSSR count). The van der Waals surface area contributed by atoms with Crippen molar-refractivity contribution < 1.29 is 27.9 Å². The van der Waals surface area contributed by atoms with Gasteiger partial charge in [-0.1, -0.05) is 11.6 Å². The first-order valence-electron chi connectivity index (χ1n) is 6.81. The normalized spacial score (nSPS) is 13.4. The van der Waals surface area contributed by atoms with E-state index in [4.69, 9.17) is 27.2 Å². The number of nitrogens with one attached hydrogen (secondary N) is 2. The molecule has 1 aliphatic heterocycles. The van der Waals surface area contributed by atoms with Crippen LogP contribution in [0.1, 0.15) is 16.1 Å². The lowest BCUT2D eigenvalue weighted by Gasteiger charge is -2.10. The van der Waals surface area contributed by atoms with E-state index >= 15 is 0 Å². The molecule has 0 spiro atoms. The topological polar surface area (TPSA) is 121 Å². The Bertz CT molecular complexity index is 800. The van der Waals surface area contributed by atoms with Crippen molar-refractivity contribution in [3.63, 3.8) is 0 Å². The molecular formula is C14H12ClF3N4O3. The number of pyridine rings is 1. The molecule has 1 amide bonds. The van der Waals surface area contributed by atoms with Crippen molar-refractivity contribution in [3.05, 3.63) is 34.6 Å². The number of hydrogen-bond acceptors (Lipinski definition) is 4. The van der Waals surface area contributed by atoms with E-state index in [1.54, 1.807) is 12.1 Å². The van der Waals surface area contributed by atoms with E-state index < -0.39 is 12.1 Å². The molecule has 0 atom stereocenters. The maximum atomic E-state index is 11.7. The molecule has 0 radical (unpaired) electrons. The molecule has 0 aliphatic carbocycles. The molecule has 0 unspecified atom stereocenters. The number of aromatic amines is 1. The van der Waals surface area contributed by atoms with Crippen molar-refractivity contribution in [2.24, 2.45) is 0 Å². The Labute approximate surface area is 144 Å². The number of carbonyl (C=O) groups excluding carboxylic acids is 1. The number of aromatic nitrogens is 2. The molecule has 5 N–H and O–H groups in total. The summed E-state index contributed by atoms with van der Waals surface area (Å²) in [6.45, 7) is 0.658. The lowest BCUT2D eigenvalue weighted by atomic mass is 10.1. The van der Waals surface area contributed by atoms with Gasteiger partial charge in [0.05, 0.1) is 5.56 Å². The molecule has 2 aromatic heterocycles. The van der Waals surface area contributed by atoms with Crippen LogP contribution in [0.2, 0.25) is 5.15 Å². The predicted molar refractivity (Wildman–Crippen MR) is 83.2 cm³/mol. The highest BCUT2D eigenvalue weighted by atomic mass is 35.5. The highest BCUT2D eigenvalue weighted by Crippen LogP contribution is 2.26. The monoisotopic (exact) mass is 376 g/mol. The first-order valence-corrected chi connectivity index (χ1v) is 7.19. The number of H-pyrrole nitrogens is 1. The minimum atomic E-state index is -5.08. The molecule has 0 bridgehead atoms. The van der Waals surface area contributed by atoms with E-state index in [1.165, 1.54) is 0 Å². The Kier molecular flexibility index (Phi) is 5.21. The van der Waals surface area contributed by atoms with Gasteiger partial charge in [0.1, 0.15) is 11.0 Å². The highest BCUT2D eigenvalue weighted by molar-refractivity contribution is 6.29. The largest absolute Gasteiger partial charge is 0.490 e. The Hall–Kier alpha value is -2.75. The van der Waals surface area contributed by atoms with E-state index in [0.717, 1.165) is 23.4 Å². The van der Waals surface area contributed by atoms with Crippen LogP contribution in [0.5, 0.6) is 0 Å². The van der Waals surface area contributed by atoms with Crippen LogP contribution in [-0.4, -0.2) is 39.7 Å². The van der Waals surface area contributed by atoms with Crippen molar-refractivity contribution >= 4 is 29.3 Å². The van der Waals surface area contributed by atoms with Gasteiger partial charge < -0.3 is 21.1 Å². The maximum Gasteiger partial charge on any atom is 0.490 e. The molecule has 7 nitrogen and oxygen atoms in total. The first-order chi connectivity index (χ1) is 11.6. The number of aliphatic carboxylic acids is 1. The number of carbonyl (C=O) groups is 2. The van der Waals surface area contributed by atoms with Gasteiger partial charge in [-0.3, -0.25) is 4.79 Å². The molecule has 134 valence electrons. The molecule has 0 aromatic carbocycles. The standard InChI is InChI=1S/C12H11ClN4O.C2HF3O2/c13-10-3-6(4-11(14)17-10)9-5-7-8(16-9)1-2-15-12(7)18;3-2(4,5)1(6)7/h3-5,16H,1-2H2,(H2,14,17)(H,15,18);(H,6,7). The lowest BCUT2D eigenvalue weighted by Crippen LogP contribution is -2.31. The summed E-state index contributed by atoms with van der Waals surface area (Å²) in [6.07, 6.45) is -4.28. The number of amides is 1. The number of carboxylic acids is 1. The third-order valence-corrected chi connectivity index (χ3v) is 3.37. The Balaban J connectivity index is 0.000000277. The fraction of sp³-hybridized carbons (Fsp3) is 0.214. The van der Waals surface area contributed by atoms with Crippen molar-refractivity contribution in [3.8, 4) is 11.3 Å². The summed E-state index contributed by atoms with van der Waals surface area (Å²) in [5.74, 6) is -2.45. The van der Waals surface area contributed by atoms with Gasteiger partial charge >= 0.3 is 12.1 Å². The van der Waals surface area contributed by atoms with Crippen molar-refractivity contribution in [2.75, 3.05) is 12.3 Å². The van der Waals surface area contributed by atoms with Crippen LogP contribution < -0.4 is 11.1 Å². The number of rotatable bonds is 1. The van der Waals surface area contributed by atoms with E-state index in [2.05, 4.69) is 15.3 Å². The number of nitrogen functional groups attached to an aromatic ring is 1. The van der Waals surface area contributed by atoms with Crippen LogP contribution in [0.15, 0.2) is 18.2 Å². The molecule has 11 heteroatoms. The van der Waals surface area contributed by atoms with Gasteiger partial charge in [0.2, 0.25) is 0 Å². The third kappa shape index (κ3) is 4.63. The Morgan fingerprint density at radius 2 is 1.96 bits per heavy atom. The van der Waals surface area contributed by atoms with Crippen LogP contribution in [0.4, 0.5) is 19.0 Å². The molecular weight excluding hydrogens is 365 g/mol. The van der Waals surface area contributed by atoms with Crippen molar-refractivity contribution in [1.82, 2.24) is 15.3 Å². The molecule has 3 heterocycles. The quantitative estimate of drug-likeness (QED) is 0.569. The van der Waals surface area contributed by atoms with E-state index in [9.17, 15) is 18.0 Å². The molecule has 0 fully saturated rings. The van der Waals surface area contributed by atoms with E-state index in [-0.39, 0.29) is 5.91 Å². The van der Waals surface area contributed by atoms with Crippen LogP contribution >= 0.6 is 11.6 Å². The van der Waals surface area contributed by atoms with Gasteiger partial charge in [-0.2, -0.15) is 13.2 Å². The summed E-state index contributed by atoms with van der Waals surface area (Å²) in [5.41, 5.74) is 8.94. The number of fused-ring (bicyclic) bond motifs is 1. The second-order valence-corrected chi connectivity index (χ2v) is 5.37. The number of hydrogen-bond donors (Lipinski definition) is 4. The zero-order valence-corrected chi connectivity index (χ0v) is 13.2. The minimum Gasteiger partial charge on any atom is -0.475 e. The van der Waals surface area contributed by atoms with Gasteiger partial charge in [-0.15, -0.1) is 0 Å². The van der Waals surface area contributed by atoms with Crippen molar-refractivity contribution in [1.29, 1.82) is 0 Å². The third-order valence-electron chi connectivity index (χ3n) is 3.17. The number of alkyl halides is 3. The summed E-state index contributed by atoms with van der Waals surface area (Å²) in [7, 11) is 0. The fourth-order valence-electron chi connectivity index (χ4n) is 2.12. The predicted octanol–water partition coefficient (Wildman–Crippen LogP) is 2.23. The van der Waals surface area contributed by atoms with E-state index in [1.807, 2.05) is 6.07 Å². The fourth-order valence-corrected chi connectivity index (χ4v) is 2.34. The number of halogens is 4. The number of carboxylic acid groups (broad SMARTS) is 1. The lowest BCUT2D eigenvalue weighted by molar-refractivity contribution is -0.192. The van der Waals surface area contributed by atoms with Gasteiger partial charge in [-0.25, -0.2) is 9.78 Å². The minimum absolute atomic E-state index is 0.0492. The summed E-state index contributed by atoms with van der Waals surface area (Å²) in [5, 5.41) is 10.3. The SMILES string of the molecule is Nc1cc(-c2cc3c([nH]2)CCNC3=O)cc(Cl)n1.O=C(O)C(F)(F)F. The molecule has 0 saturated carbocycles. The number of nitrogens with zero attached hydrogens (tertiary/aromatic N) is 1. The Morgan fingerprint density at radius 1 is 1.32 bits per heavy atom. The first kappa shape index (κ1) is 18.6. The van der Waals surface area contributed by atoms with Gasteiger partial charge in [-0.05, 0) is 18.2 Å². The van der Waals surface area contributed by atoms with Crippen LogP contribution in [-0.2, 0) is 11.2 Å². The highest BCUT2D eigenvalue weighted by Gasteiger charge is 2.38. The zero-order chi connectivity index (χ0) is 18.8. The summed E-state index contributed by atoms with van der Waals surface area (Å²) >= 11 is 5.87. The smallest absolute Gasteiger partial charge is 0.475 e. The summed E-state index contributed by atoms with van der Waals surface area (Å²) in [4.78, 5) is 27.7. The second kappa shape index (κ2) is 7.01. The second-order valence-electron chi connectivity index (χ2n) is 4.99. The number of anilines is 1. The molecule has 2 aromatic rings. The number of nitrogens with two attached hydrogens (primary N) is 1. The maximum absolute atomic E-state index is 11.7. The summed E-state index contributed by atoms with van der Waals surface area (Å²) < 4.78 is 31.7. The molecule has 25 heavy (non-hydrogen) atoms. The average Bonchev–Trinajstić information content (AvgIpc) is 2.91. The van der Waals surface area contributed by atoms with Crippen LogP contribution in [0, 0.1) is 0 Å². The molecule has 1 aliphatic rings. The van der Waals surface area contributed by atoms with Gasteiger partial charge in [0, 0.05) is 29.9 Å². The van der Waals surface area contributed by atoms with Gasteiger partial charge in [0.15, 0.2) is 0 Å². The van der Waals surface area contributed by atoms with Crippen molar-refractivity contribution in [2.45, 2.75) is 12.6 Å². The Morgan fingerprint density at radius 3 is 2.48 bits per heavy atom. The van der Waals surface area contributed by atoms with Crippen LogP contribution in [0.3, 0.4) is 0 Å². The van der Waals surface area contributed by atoms with Crippen LogP contribution in [0.25, 0.3) is 11.3 Å². The summed E-state index contributed by atoms with van der Waals surface area (Å²) in [6, 6.07) is 5.25. The molecule has 0 saturated heterocycles. The van der Waals surface area contributed by atoms with E-state index in [0.29, 0.717) is 23.1 Å². The zero-order valence-electron chi connectivity index (χ0n) is 12.4.